The van der Waals surface area contributed by atoms with Crippen molar-refractivity contribution >= 4 is 11.3 Å². The Balaban J connectivity index is 1.75. The summed E-state index contributed by atoms with van der Waals surface area (Å²) in [4.78, 5) is 2.28. The number of thiophene rings is 1. The fraction of sp³-hybridized carbons (Fsp3) is 0.538. The zero-order chi connectivity index (χ0) is 11.2. The molecule has 1 aliphatic rings. The minimum Gasteiger partial charge on any atom is -0.395 e. The van der Waals surface area contributed by atoms with Crippen LogP contribution in [0.3, 0.4) is 0 Å². The van der Waals surface area contributed by atoms with Crippen molar-refractivity contribution in [2.45, 2.75) is 25.9 Å². The van der Waals surface area contributed by atoms with Crippen LogP contribution in [-0.2, 0) is 11.3 Å². The van der Waals surface area contributed by atoms with E-state index < -0.39 is 0 Å². The fourth-order valence-corrected chi connectivity index (χ4v) is 2.16. The predicted octanol–water partition coefficient (Wildman–Crippen LogP) is 2.41. The van der Waals surface area contributed by atoms with Crippen molar-refractivity contribution in [3.05, 3.63) is 21.9 Å². The summed E-state index contributed by atoms with van der Waals surface area (Å²) in [7, 11) is 0. The van der Waals surface area contributed by atoms with E-state index in [0.717, 1.165) is 17.4 Å². The quantitative estimate of drug-likeness (QED) is 0.796. The maximum Gasteiger partial charge on any atom is 0.0809 e. The summed E-state index contributed by atoms with van der Waals surface area (Å²) in [6, 6.07) is 4.09. The van der Waals surface area contributed by atoms with E-state index in [4.69, 9.17) is 9.84 Å². The molecule has 0 radical (unpaired) electrons. The van der Waals surface area contributed by atoms with Crippen molar-refractivity contribution in [1.29, 1.82) is 0 Å². The summed E-state index contributed by atoms with van der Waals surface area (Å²) >= 11 is 1.68. The molecule has 0 aromatic carbocycles. The van der Waals surface area contributed by atoms with Crippen LogP contribution in [0.25, 0.3) is 0 Å². The molecule has 2 nitrogen and oxygen atoms in total. The molecular formula is C13H16O2S. The van der Waals surface area contributed by atoms with Crippen LogP contribution in [0.5, 0.6) is 0 Å². The first-order valence-electron chi connectivity index (χ1n) is 5.64. The van der Waals surface area contributed by atoms with Gasteiger partial charge in [0.25, 0.3) is 0 Å². The standard InChI is InChI=1S/C13H16O2S/c14-8-2-1-3-12-6-7-13(16-12)10-15-9-11-4-5-11/h6-7,11,14H,2,4-5,8-10H2. The highest BCUT2D eigenvalue weighted by Crippen LogP contribution is 2.29. The number of hydrogen-bond acceptors (Lipinski definition) is 3. The summed E-state index contributed by atoms with van der Waals surface area (Å²) in [6.45, 7) is 1.75. The molecule has 0 bridgehead atoms. The second-order valence-corrected chi connectivity index (χ2v) is 5.17. The highest BCUT2D eigenvalue weighted by Gasteiger charge is 2.21. The minimum atomic E-state index is 0.135. The Morgan fingerprint density at radius 1 is 1.44 bits per heavy atom. The van der Waals surface area contributed by atoms with Crippen LogP contribution in [0.2, 0.25) is 0 Å². The molecule has 1 saturated carbocycles. The first-order chi connectivity index (χ1) is 7.88. The molecule has 1 N–H and O–H groups in total. The lowest BCUT2D eigenvalue weighted by atomic mass is 10.4. The third-order valence-electron chi connectivity index (χ3n) is 2.40. The zero-order valence-electron chi connectivity index (χ0n) is 9.24. The molecule has 1 heterocycles. The van der Waals surface area contributed by atoms with Crippen LogP contribution >= 0.6 is 11.3 Å². The van der Waals surface area contributed by atoms with E-state index in [-0.39, 0.29) is 6.61 Å². The number of aliphatic hydroxyl groups excluding tert-OH is 1. The van der Waals surface area contributed by atoms with Crippen molar-refractivity contribution in [2.75, 3.05) is 13.2 Å². The Labute approximate surface area is 100 Å². The molecular weight excluding hydrogens is 220 g/mol. The molecule has 1 aromatic heterocycles. The van der Waals surface area contributed by atoms with Crippen LogP contribution in [-0.4, -0.2) is 18.3 Å². The second-order valence-electron chi connectivity index (χ2n) is 4.00. The Bertz CT molecular complexity index is 382. The van der Waals surface area contributed by atoms with E-state index in [1.54, 1.807) is 11.3 Å². The maximum absolute atomic E-state index is 8.60. The summed E-state index contributed by atoms with van der Waals surface area (Å²) < 4.78 is 5.60. The van der Waals surface area contributed by atoms with Gasteiger partial charge >= 0.3 is 0 Å². The average molecular weight is 236 g/mol. The molecule has 0 saturated heterocycles. The van der Waals surface area contributed by atoms with Gasteiger partial charge in [-0.1, -0.05) is 11.8 Å². The molecule has 2 rings (SSSR count). The molecule has 0 amide bonds. The second kappa shape index (κ2) is 6.05. The minimum absolute atomic E-state index is 0.135. The van der Waals surface area contributed by atoms with Crippen molar-refractivity contribution in [3.8, 4) is 11.8 Å². The summed E-state index contributed by atoms with van der Waals surface area (Å²) in [5.41, 5.74) is 0. The molecule has 0 unspecified atom stereocenters. The maximum atomic E-state index is 8.60. The largest absolute Gasteiger partial charge is 0.395 e. The van der Waals surface area contributed by atoms with Gasteiger partial charge in [0.1, 0.15) is 0 Å². The van der Waals surface area contributed by atoms with E-state index in [9.17, 15) is 0 Å². The van der Waals surface area contributed by atoms with Gasteiger partial charge in [0.2, 0.25) is 0 Å². The topological polar surface area (TPSA) is 29.5 Å². The fourth-order valence-electron chi connectivity index (χ4n) is 1.34. The van der Waals surface area contributed by atoms with Crippen LogP contribution in [0.15, 0.2) is 12.1 Å². The van der Waals surface area contributed by atoms with Crippen molar-refractivity contribution < 1.29 is 9.84 Å². The first-order valence-corrected chi connectivity index (χ1v) is 6.46. The SMILES string of the molecule is OCCC#Cc1ccc(COCC2CC2)s1. The van der Waals surface area contributed by atoms with Crippen LogP contribution in [0.4, 0.5) is 0 Å². The molecule has 16 heavy (non-hydrogen) atoms. The van der Waals surface area contributed by atoms with Gasteiger partial charge in [0.05, 0.1) is 18.1 Å². The summed E-state index contributed by atoms with van der Waals surface area (Å²) in [5.74, 6) is 6.77. The lowest BCUT2D eigenvalue weighted by Crippen LogP contribution is -1.94. The highest BCUT2D eigenvalue weighted by molar-refractivity contribution is 7.12. The number of hydrogen-bond donors (Lipinski definition) is 1. The number of ether oxygens (including phenoxy) is 1. The molecule has 0 aliphatic heterocycles. The Morgan fingerprint density at radius 2 is 2.31 bits per heavy atom. The molecule has 1 fully saturated rings. The van der Waals surface area contributed by atoms with Gasteiger partial charge in [-0.15, -0.1) is 11.3 Å². The van der Waals surface area contributed by atoms with Gasteiger partial charge < -0.3 is 9.84 Å². The molecule has 3 heteroatoms. The molecule has 1 aliphatic carbocycles. The summed E-state index contributed by atoms with van der Waals surface area (Å²) in [5, 5.41) is 8.60. The van der Waals surface area contributed by atoms with Crippen LogP contribution in [0.1, 0.15) is 29.0 Å². The average Bonchev–Trinajstić information content (AvgIpc) is 2.99. The van der Waals surface area contributed by atoms with Gasteiger partial charge in [0.15, 0.2) is 0 Å². The third kappa shape index (κ3) is 3.97. The first kappa shape index (κ1) is 11.7. The van der Waals surface area contributed by atoms with Crippen molar-refractivity contribution in [1.82, 2.24) is 0 Å². The highest BCUT2D eigenvalue weighted by atomic mass is 32.1. The predicted molar refractivity (Wildman–Crippen MR) is 65.3 cm³/mol. The summed E-state index contributed by atoms with van der Waals surface area (Å²) in [6.07, 6.45) is 3.22. The van der Waals surface area contributed by atoms with Gasteiger partial charge in [-0.3, -0.25) is 0 Å². The van der Waals surface area contributed by atoms with E-state index in [1.165, 1.54) is 17.7 Å². The normalized spacial score (nSPS) is 14.6. The molecule has 0 spiro atoms. The number of aliphatic hydroxyl groups is 1. The Kier molecular flexibility index (Phi) is 4.41. The smallest absolute Gasteiger partial charge is 0.0809 e. The monoisotopic (exact) mass is 236 g/mol. The van der Waals surface area contributed by atoms with Gasteiger partial charge in [-0.05, 0) is 30.9 Å². The van der Waals surface area contributed by atoms with E-state index in [2.05, 4.69) is 17.9 Å². The third-order valence-corrected chi connectivity index (χ3v) is 3.38. The van der Waals surface area contributed by atoms with E-state index in [0.29, 0.717) is 13.0 Å². The molecule has 1 aromatic rings. The lowest BCUT2D eigenvalue weighted by molar-refractivity contribution is 0.113. The van der Waals surface area contributed by atoms with Crippen LogP contribution < -0.4 is 0 Å². The van der Waals surface area contributed by atoms with Crippen molar-refractivity contribution in [3.63, 3.8) is 0 Å². The van der Waals surface area contributed by atoms with Crippen LogP contribution in [0, 0.1) is 17.8 Å². The number of rotatable bonds is 5. The van der Waals surface area contributed by atoms with Gasteiger partial charge in [-0.2, -0.15) is 0 Å². The molecule has 86 valence electrons. The Hall–Kier alpha value is -0.820. The lowest BCUT2D eigenvalue weighted by Gasteiger charge is -1.98. The zero-order valence-corrected chi connectivity index (χ0v) is 10.1. The Morgan fingerprint density at radius 3 is 3.06 bits per heavy atom. The van der Waals surface area contributed by atoms with E-state index in [1.807, 2.05) is 6.07 Å². The van der Waals surface area contributed by atoms with Gasteiger partial charge in [-0.25, -0.2) is 0 Å². The van der Waals surface area contributed by atoms with E-state index >= 15 is 0 Å². The van der Waals surface area contributed by atoms with Gasteiger partial charge in [0, 0.05) is 17.9 Å². The molecule has 0 atom stereocenters. The van der Waals surface area contributed by atoms with Crippen molar-refractivity contribution in [2.24, 2.45) is 5.92 Å².